The second-order valence-corrected chi connectivity index (χ2v) is 20.3. The number of esters is 1. The van der Waals surface area contributed by atoms with Crippen molar-refractivity contribution in [1.29, 1.82) is 0 Å². The van der Waals surface area contributed by atoms with Crippen LogP contribution >= 0.6 is 7.82 Å². The van der Waals surface area contributed by atoms with E-state index in [1.165, 1.54) is 96.3 Å². The first kappa shape index (κ1) is 64.4. The number of likely N-dealkylation sites (N-methyl/N-ethyl adjacent to an activating group) is 1. The van der Waals surface area contributed by atoms with Gasteiger partial charge in [0.05, 0.1) is 34.4 Å². The highest BCUT2D eigenvalue weighted by Gasteiger charge is 2.26. The molecular weight excluding hydrogens is 854 g/mol. The average molecular weight is 957 g/mol. The van der Waals surface area contributed by atoms with E-state index < -0.39 is 13.9 Å². The summed E-state index contributed by atoms with van der Waals surface area (Å²) in [7, 11) is 1.64. The molecule has 0 saturated heterocycles. The van der Waals surface area contributed by atoms with E-state index in [0.29, 0.717) is 24.1 Å². The number of carbonyl (C=O) groups is 1. The molecule has 0 aliphatic rings. The number of hydrogen-bond acceptors (Lipinski definition) is 6. The van der Waals surface area contributed by atoms with E-state index in [4.69, 9.17) is 18.5 Å². The predicted octanol–water partition coefficient (Wildman–Crippen LogP) is 16.9. The number of quaternary nitrogens is 1. The highest BCUT2D eigenvalue weighted by atomic mass is 31.2. The maximum atomic E-state index is 12.8. The molecule has 0 rings (SSSR count). The predicted molar refractivity (Wildman–Crippen MR) is 288 cm³/mol. The lowest BCUT2D eigenvalue weighted by Crippen LogP contribution is -2.37. The van der Waals surface area contributed by atoms with Gasteiger partial charge in [0.1, 0.15) is 19.3 Å². The second-order valence-electron chi connectivity index (χ2n) is 18.9. The molecule has 8 nitrogen and oxygen atoms in total. The van der Waals surface area contributed by atoms with Gasteiger partial charge in [-0.05, 0) is 96.3 Å². The number of nitrogens with zero attached hydrogens (tertiary/aromatic N) is 1. The molecule has 1 N–H and O–H groups in total. The fraction of sp³-hybridized carbons (Fsp3) is 0.707. The van der Waals surface area contributed by atoms with Gasteiger partial charge in [0, 0.05) is 13.0 Å². The molecule has 0 aromatic heterocycles. The minimum Gasteiger partial charge on any atom is -0.457 e. The highest BCUT2D eigenvalue weighted by Crippen LogP contribution is 2.43. The van der Waals surface area contributed by atoms with Crippen LogP contribution in [0.4, 0.5) is 0 Å². The standard InChI is InChI=1S/C58H102NO7P/c1-6-8-10-12-14-16-18-20-22-24-26-28-29-30-31-32-33-35-37-39-41-43-45-47-49-51-58(60)66-57(56-65-67(61,62)64-54-52-59(3,4)5)55-63-53-50-48-46-44-42-40-38-36-34-27-25-23-21-19-17-15-13-11-9-7-2/h8,10,14-17,20-23,26-28,30-31,34,57H,6-7,9,11-13,18-19,24-25,29,32-33,35-56H2,1-5H3/p+1/b10-8-,16-14-,17-15-,22-20-,23-21-,28-26-,31-30-,34-27-. The van der Waals surface area contributed by atoms with Gasteiger partial charge in [0.25, 0.3) is 0 Å². The van der Waals surface area contributed by atoms with Crippen LogP contribution in [0.2, 0.25) is 0 Å². The van der Waals surface area contributed by atoms with Gasteiger partial charge in [-0.3, -0.25) is 13.8 Å². The summed E-state index contributed by atoms with van der Waals surface area (Å²) in [6.07, 6.45) is 68.8. The van der Waals surface area contributed by atoms with Crippen LogP contribution in [0.5, 0.6) is 0 Å². The Hall–Kier alpha value is -2.58. The van der Waals surface area contributed by atoms with Crippen LogP contribution in [-0.4, -0.2) is 75.6 Å². The van der Waals surface area contributed by atoms with Crippen LogP contribution in [0.25, 0.3) is 0 Å². The first-order valence-corrected chi connectivity index (χ1v) is 28.5. The molecule has 0 aromatic rings. The van der Waals surface area contributed by atoms with Gasteiger partial charge in [-0.25, -0.2) is 4.57 Å². The zero-order valence-corrected chi connectivity index (χ0v) is 44.7. The third kappa shape index (κ3) is 54.2. The topological polar surface area (TPSA) is 91.3 Å². The van der Waals surface area contributed by atoms with Gasteiger partial charge in [0.15, 0.2) is 0 Å². The summed E-state index contributed by atoms with van der Waals surface area (Å²) in [4.78, 5) is 23.1. The lowest BCUT2D eigenvalue weighted by molar-refractivity contribution is -0.870. The highest BCUT2D eigenvalue weighted by molar-refractivity contribution is 7.47. The Labute approximate surface area is 413 Å². The summed E-state index contributed by atoms with van der Waals surface area (Å²) in [6, 6.07) is 0. The van der Waals surface area contributed by atoms with Crippen LogP contribution in [0.3, 0.4) is 0 Å². The van der Waals surface area contributed by atoms with Gasteiger partial charge in [-0.1, -0.05) is 201 Å². The van der Waals surface area contributed by atoms with Crippen molar-refractivity contribution in [3.63, 3.8) is 0 Å². The van der Waals surface area contributed by atoms with Crippen molar-refractivity contribution in [2.45, 2.75) is 213 Å². The van der Waals surface area contributed by atoms with Crippen LogP contribution in [0.15, 0.2) is 97.2 Å². The minimum absolute atomic E-state index is 0.0800. The number of ether oxygens (including phenoxy) is 2. The first-order valence-electron chi connectivity index (χ1n) is 27.0. The van der Waals surface area contributed by atoms with Crippen molar-refractivity contribution in [3.05, 3.63) is 97.2 Å². The number of hydrogen-bond donors (Lipinski definition) is 1. The summed E-state index contributed by atoms with van der Waals surface area (Å²) in [5.41, 5.74) is 0. The first-order chi connectivity index (χ1) is 32.6. The Morgan fingerprint density at radius 2 is 0.866 bits per heavy atom. The number of phosphoric acid groups is 1. The van der Waals surface area contributed by atoms with Gasteiger partial charge < -0.3 is 18.9 Å². The van der Waals surface area contributed by atoms with Crippen LogP contribution in [0, 0.1) is 0 Å². The summed E-state index contributed by atoms with van der Waals surface area (Å²) in [5, 5.41) is 0. The van der Waals surface area contributed by atoms with Crippen molar-refractivity contribution < 1.29 is 37.3 Å². The number of unbranched alkanes of at least 4 members (excludes halogenated alkanes) is 19. The monoisotopic (exact) mass is 957 g/mol. The summed E-state index contributed by atoms with van der Waals surface area (Å²) < 4.78 is 35.2. The third-order valence-electron chi connectivity index (χ3n) is 11.1. The van der Waals surface area contributed by atoms with Crippen LogP contribution in [0.1, 0.15) is 206 Å². The Bertz CT molecular complexity index is 1390. The molecule has 0 heterocycles. The molecule has 2 unspecified atom stereocenters. The Morgan fingerprint density at radius 3 is 1.30 bits per heavy atom. The zero-order valence-electron chi connectivity index (χ0n) is 43.9. The fourth-order valence-corrected chi connectivity index (χ4v) is 7.74. The van der Waals surface area contributed by atoms with Crippen molar-refractivity contribution in [2.75, 3.05) is 54.1 Å². The van der Waals surface area contributed by atoms with Crippen LogP contribution in [-0.2, 0) is 27.9 Å². The zero-order chi connectivity index (χ0) is 49.0. The van der Waals surface area contributed by atoms with Gasteiger partial charge >= 0.3 is 13.8 Å². The quantitative estimate of drug-likeness (QED) is 0.0213. The van der Waals surface area contributed by atoms with Gasteiger partial charge in [-0.15, -0.1) is 0 Å². The SMILES string of the molecule is CC/C=C\C/C=C\C/C=C\C/C=C\C/C=C\CCCCCCCCCCCC(=O)OC(COCCCCCCCCC/C=C\C/C=C\C/C=C\CCCCC)COP(=O)(O)OCC[N+](C)(C)C. The van der Waals surface area contributed by atoms with Crippen molar-refractivity contribution in [1.82, 2.24) is 0 Å². The van der Waals surface area contributed by atoms with Crippen molar-refractivity contribution >= 4 is 13.8 Å². The van der Waals surface area contributed by atoms with Crippen molar-refractivity contribution in [3.8, 4) is 0 Å². The summed E-state index contributed by atoms with van der Waals surface area (Å²) in [6.45, 7) is 5.44. The molecule has 2 atom stereocenters. The molecule has 0 spiro atoms. The lowest BCUT2D eigenvalue weighted by Gasteiger charge is -2.24. The Kier molecular flexibility index (Phi) is 47.9. The van der Waals surface area contributed by atoms with E-state index in [0.717, 1.165) is 89.9 Å². The van der Waals surface area contributed by atoms with Crippen molar-refractivity contribution in [2.24, 2.45) is 0 Å². The molecule has 0 fully saturated rings. The van der Waals surface area contributed by atoms with Gasteiger partial charge in [-0.2, -0.15) is 0 Å². The minimum atomic E-state index is -4.29. The summed E-state index contributed by atoms with van der Waals surface area (Å²) in [5.74, 6) is -0.327. The number of phosphoric ester groups is 1. The smallest absolute Gasteiger partial charge is 0.457 e. The molecule has 0 aliphatic heterocycles. The molecule has 9 heteroatoms. The second kappa shape index (κ2) is 49.8. The Balaban J connectivity index is 4.17. The van der Waals surface area contributed by atoms with Crippen LogP contribution < -0.4 is 0 Å². The van der Waals surface area contributed by atoms with E-state index in [-0.39, 0.29) is 25.8 Å². The summed E-state index contributed by atoms with van der Waals surface area (Å²) >= 11 is 0. The fourth-order valence-electron chi connectivity index (χ4n) is 7.00. The molecule has 0 aromatic carbocycles. The molecule has 0 amide bonds. The molecular formula is C58H103NO7P+. The molecule has 0 bridgehead atoms. The maximum Gasteiger partial charge on any atom is 0.472 e. The average Bonchev–Trinajstić information content (AvgIpc) is 3.29. The lowest BCUT2D eigenvalue weighted by atomic mass is 10.1. The van der Waals surface area contributed by atoms with E-state index in [2.05, 4.69) is 111 Å². The normalized spacial score (nSPS) is 14.3. The van der Waals surface area contributed by atoms with E-state index in [1.807, 2.05) is 21.1 Å². The number of carbonyl (C=O) groups excluding carboxylic acids is 1. The largest absolute Gasteiger partial charge is 0.472 e. The number of rotatable bonds is 49. The number of allylic oxidation sites excluding steroid dienone is 16. The van der Waals surface area contributed by atoms with E-state index in [9.17, 15) is 14.3 Å². The molecule has 0 aliphatic carbocycles. The van der Waals surface area contributed by atoms with Gasteiger partial charge in [0.2, 0.25) is 0 Å². The molecule has 386 valence electrons. The molecule has 0 saturated carbocycles. The molecule has 0 radical (unpaired) electrons. The molecule has 67 heavy (non-hydrogen) atoms. The Morgan fingerprint density at radius 1 is 0.478 bits per heavy atom. The van der Waals surface area contributed by atoms with E-state index in [1.54, 1.807) is 0 Å². The third-order valence-corrected chi connectivity index (χ3v) is 12.1. The van der Waals surface area contributed by atoms with E-state index >= 15 is 0 Å². The maximum absolute atomic E-state index is 12.8.